The van der Waals surface area contributed by atoms with E-state index in [0.29, 0.717) is 16.8 Å². The second kappa shape index (κ2) is 5.99. The molecule has 0 saturated heterocycles. The molecule has 0 bridgehead atoms. The molecule has 2 N–H and O–H groups in total. The number of benzene rings is 1. The second-order valence-corrected chi connectivity index (χ2v) is 6.00. The Morgan fingerprint density at radius 3 is 2.76 bits per heavy atom. The summed E-state index contributed by atoms with van der Waals surface area (Å²) in [5, 5.41) is 12.4. The van der Waals surface area contributed by atoms with E-state index in [0.717, 1.165) is 0 Å². The Morgan fingerprint density at radius 1 is 1.38 bits per heavy atom. The molecule has 6 nitrogen and oxygen atoms in total. The van der Waals surface area contributed by atoms with Crippen LogP contribution in [-0.2, 0) is 10.0 Å². The molecule has 1 aromatic heterocycles. The zero-order chi connectivity index (χ0) is 15.5. The molecular weight excluding hydrogens is 292 g/mol. The largest absolute Gasteiger partial charge is 0.384 e. The molecule has 0 spiro atoms. The first-order chi connectivity index (χ1) is 9.94. The number of hydrogen-bond donors (Lipinski definition) is 2. The molecule has 7 heteroatoms. The van der Waals surface area contributed by atoms with Gasteiger partial charge in [-0.1, -0.05) is 23.1 Å². The highest BCUT2D eigenvalue weighted by molar-refractivity contribution is 7.92. The summed E-state index contributed by atoms with van der Waals surface area (Å²) in [6, 6.07) is 6.11. The van der Waals surface area contributed by atoms with Gasteiger partial charge in [0.25, 0.3) is 10.0 Å². The summed E-state index contributed by atoms with van der Waals surface area (Å²) in [5.41, 5.74) is 1.75. The van der Waals surface area contributed by atoms with Crippen LogP contribution in [0.15, 0.2) is 33.7 Å². The van der Waals surface area contributed by atoms with Crippen LogP contribution in [0.1, 0.15) is 16.8 Å². The van der Waals surface area contributed by atoms with Crippen LogP contribution in [0, 0.1) is 25.7 Å². The van der Waals surface area contributed by atoms with Crippen molar-refractivity contribution in [2.45, 2.75) is 18.7 Å². The van der Waals surface area contributed by atoms with Gasteiger partial charge in [0.15, 0.2) is 0 Å². The molecule has 0 unspecified atom stereocenters. The fraction of sp³-hybridized carbons (Fsp3) is 0.214. The molecule has 0 saturated carbocycles. The molecule has 0 aliphatic carbocycles. The Kier molecular flexibility index (Phi) is 4.31. The van der Waals surface area contributed by atoms with E-state index in [2.05, 4.69) is 21.7 Å². The Bertz CT molecular complexity index is 813. The third kappa shape index (κ3) is 3.42. The normalized spacial score (nSPS) is 10.8. The van der Waals surface area contributed by atoms with Gasteiger partial charge in [-0.15, -0.1) is 0 Å². The van der Waals surface area contributed by atoms with Crippen molar-refractivity contribution in [3.05, 3.63) is 41.1 Å². The van der Waals surface area contributed by atoms with Crippen molar-refractivity contribution in [2.75, 3.05) is 11.3 Å². The van der Waals surface area contributed by atoms with Crippen molar-refractivity contribution in [3.63, 3.8) is 0 Å². The fourth-order valence-electron chi connectivity index (χ4n) is 1.57. The molecular formula is C14H14N2O4S. The van der Waals surface area contributed by atoms with Crippen molar-refractivity contribution in [1.82, 2.24) is 5.16 Å². The van der Waals surface area contributed by atoms with Crippen LogP contribution in [0.4, 0.5) is 5.88 Å². The molecule has 0 fully saturated rings. The van der Waals surface area contributed by atoms with Crippen molar-refractivity contribution >= 4 is 15.9 Å². The second-order valence-electron chi connectivity index (χ2n) is 4.32. The van der Waals surface area contributed by atoms with Gasteiger partial charge in [0, 0.05) is 11.1 Å². The summed E-state index contributed by atoms with van der Waals surface area (Å²) in [6.07, 6.45) is 0. The summed E-state index contributed by atoms with van der Waals surface area (Å²) in [4.78, 5) is 0.0562. The standard InChI is InChI=1S/C14H14N2O4S/c1-10-11(2)15-20-14(10)16-21(18,19)13-7-3-5-12(9-13)6-4-8-17/h3,5,7,9,16-17H,8H2,1-2H3. The molecule has 2 aromatic rings. The topological polar surface area (TPSA) is 92.4 Å². The lowest BCUT2D eigenvalue weighted by Crippen LogP contribution is -2.13. The predicted molar refractivity (Wildman–Crippen MR) is 77.2 cm³/mol. The summed E-state index contributed by atoms with van der Waals surface area (Å²) in [6.45, 7) is 3.15. The van der Waals surface area contributed by atoms with E-state index in [1.165, 1.54) is 12.1 Å². The first-order valence-electron chi connectivity index (χ1n) is 6.09. The van der Waals surface area contributed by atoms with Gasteiger partial charge in [-0.05, 0) is 32.0 Å². The predicted octanol–water partition coefficient (Wildman–Crippen LogP) is 1.44. The maximum absolute atomic E-state index is 12.3. The highest BCUT2D eigenvalue weighted by Gasteiger charge is 2.19. The molecule has 1 aromatic carbocycles. The minimum Gasteiger partial charge on any atom is -0.384 e. The van der Waals surface area contributed by atoms with E-state index in [9.17, 15) is 8.42 Å². The van der Waals surface area contributed by atoms with E-state index >= 15 is 0 Å². The van der Waals surface area contributed by atoms with Crippen molar-refractivity contribution in [1.29, 1.82) is 0 Å². The Hall–Kier alpha value is -2.30. The van der Waals surface area contributed by atoms with Gasteiger partial charge >= 0.3 is 0 Å². The number of nitrogens with zero attached hydrogens (tertiary/aromatic N) is 1. The van der Waals surface area contributed by atoms with E-state index in [-0.39, 0.29) is 17.4 Å². The molecule has 0 aliphatic rings. The van der Waals surface area contributed by atoms with Gasteiger partial charge in [0.2, 0.25) is 5.88 Å². The van der Waals surface area contributed by atoms with Crippen molar-refractivity contribution in [2.24, 2.45) is 0 Å². The maximum atomic E-state index is 12.3. The van der Waals surface area contributed by atoms with E-state index in [4.69, 9.17) is 9.63 Å². The maximum Gasteiger partial charge on any atom is 0.264 e. The van der Waals surface area contributed by atoms with Gasteiger partial charge in [-0.3, -0.25) is 0 Å². The van der Waals surface area contributed by atoms with Crippen LogP contribution < -0.4 is 4.72 Å². The average Bonchev–Trinajstić information content (AvgIpc) is 2.77. The molecule has 0 radical (unpaired) electrons. The summed E-state index contributed by atoms with van der Waals surface area (Å²) < 4.78 is 31.9. The molecule has 0 amide bonds. The number of aliphatic hydroxyl groups excluding tert-OH is 1. The number of hydrogen-bond acceptors (Lipinski definition) is 5. The van der Waals surface area contributed by atoms with Gasteiger partial charge < -0.3 is 9.63 Å². The third-order valence-electron chi connectivity index (χ3n) is 2.84. The van der Waals surface area contributed by atoms with Crippen LogP contribution in [-0.4, -0.2) is 25.3 Å². The average molecular weight is 306 g/mol. The van der Waals surface area contributed by atoms with Crippen molar-refractivity contribution in [3.8, 4) is 11.8 Å². The van der Waals surface area contributed by atoms with Gasteiger partial charge in [0.1, 0.15) is 6.61 Å². The fourth-order valence-corrected chi connectivity index (χ4v) is 2.67. The van der Waals surface area contributed by atoms with Crippen molar-refractivity contribution < 1.29 is 18.0 Å². The smallest absolute Gasteiger partial charge is 0.264 e. The Labute approximate surface area is 122 Å². The number of nitrogens with one attached hydrogen (secondary N) is 1. The lowest BCUT2D eigenvalue weighted by atomic mass is 10.2. The van der Waals surface area contributed by atoms with Crippen LogP contribution in [0.5, 0.6) is 0 Å². The summed E-state index contributed by atoms with van der Waals surface area (Å²) >= 11 is 0. The number of aliphatic hydroxyl groups is 1. The van der Waals surface area contributed by atoms with Gasteiger partial charge in [-0.2, -0.15) is 0 Å². The van der Waals surface area contributed by atoms with Crippen LogP contribution in [0.2, 0.25) is 0 Å². The van der Waals surface area contributed by atoms with Crippen LogP contribution >= 0.6 is 0 Å². The molecule has 110 valence electrons. The molecule has 0 aliphatic heterocycles. The molecule has 1 heterocycles. The monoisotopic (exact) mass is 306 g/mol. The van der Waals surface area contributed by atoms with E-state index in [1.54, 1.807) is 26.0 Å². The molecule has 21 heavy (non-hydrogen) atoms. The minimum atomic E-state index is -3.78. The first-order valence-corrected chi connectivity index (χ1v) is 7.58. The van der Waals surface area contributed by atoms with E-state index in [1.807, 2.05) is 0 Å². The third-order valence-corrected chi connectivity index (χ3v) is 4.17. The van der Waals surface area contributed by atoms with Gasteiger partial charge in [0.05, 0.1) is 10.6 Å². The zero-order valence-electron chi connectivity index (χ0n) is 11.5. The summed E-state index contributed by atoms with van der Waals surface area (Å²) in [5.74, 6) is 5.22. The zero-order valence-corrected chi connectivity index (χ0v) is 12.4. The van der Waals surface area contributed by atoms with Gasteiger partial charge in [-0.25, -0.2) is 13.1 Å². The Balaban J connectivity index is 2.33. The lowest BCUT2D eigenvalue weighted by Gasteiger charge is -2.06. The number of anilines is 1. The number of sulfonamides is 1. The lowest BCUT2D eigenvalue weighted by molar-refractivity contribution is 0.350. The number of aromatic nitrogens is 1. The SMILES string of the molecule is Cc1noc(NS(=O)(=O)c2cccc(C#CCO)c2)c1C. The minimum absolute atomic E-state index is 0.0562. The highest BCUT2D eigenvalue weighted by atomic mass is 32.2. The number of rotatable bonds is 3. The van der Waals surface area contributed by atoms with Crippen LogP contribution in [0.3, 0.4) is 0 Å². The first kappa shape index (κ1) is 15.1. The molecule has 2 rings (SSSR count). The number of aryl methyl sites for hydroxylation is 1. The Morgan fingerprint density at radius 2 is 2.14 bits per heavy atom. The quantitative estimate of drug-likeness (QED) is 0.837. The summed E-state index contributed by atoms with van der Waals surface area (Å²) in [7, 11) is -3.78. The van der Waals surface area contributed by atoms with E-state index < -0.39 is 10.0 Å². The molecule has 0 atom stereocenters. The van der Waals surface area contributed by atoms with Crippen LogP contribution in [0.25, 0.3) is 0 Å². The highest BCUT2D eigenvalue weighted by Crippen LogP contribution is 2.22.